The van der Waals surface area contributed by atoms with Gasteiger partial charge in [0.2, 0.25) is 11.8 Å². The Morgan fingerprint density at radius 3 is 1.72 bits per heavy atom. The van der Waals surface area contributed by atoms with Gasteiger partial charge in [-0.15, -0.1) is 0 Å². The van der Waals surface area contributed by atoms with Crippen molar-refractivity contribution in [3.63, 3.8) is 0 Å². The molecule has 1 saturated heterocycles. The van der Waals surface area contributed by atoms with E-state index in [9.17, 15) is 22.8 Å². The fourth-order valence-corrected chi connectivity index (χ4v) is 6.11. The lowest BCUT2D eigenvalue weighted by molar-refractivity contribution is -0.137. The molecule has 2 aliphatic carbocycles. The van der Waals surface area contributed by atoms with Crippen molar-refractivity contribution in [1.29, 1.82) is 0 Å². The second-order valence-electron chi connectivity index (χ2n) is 9.23. The quantitative estimate of drug-likeness (QED) is 0.290. The Labute approximate surface area is 210 Å². The van der Waals surface area contributed by atoms with E-state index in [4.69, 9.17) is 11.6 Å². The predicted octanol–water partition coefficient (Wildman–Crippen LogP) is 6.78. The highest BCUT2D eigenvalue weighted by Gasteiger charge is 2.62. The van der Waals surface area contributed by atoms with E-state index < -0.39 is 35.4 Å². The van der Waals surface area contributed by atoms with Gasteiger partial charge in [-0.1, -0.05) is 84.4 Å². The number of hydrogen-bond acceptors (Lipinski definition) is 2. The first kappa shape index (κ1) is 22.8. The zero-order valence-electron chi connectivity index (χ0n) is 18.7. The van der Waals surface area contributed by atoms with Gasteiger partial charge in [0.1, 0.15) is 0 Å². The smallest absolute Gasteiger partial charge is 0.274 e. The molecule has 1 heterocycles. The summed E-state index contributed by atoms with van der Waals surface area (Å²) < 4.78 is 40.1. The lowest BCUT2D eigenvalue weighted by Gasteiger charge is -2.23. The number of imide groups is 1. The Morgan fingerprint density at radius 2 is 1.25 bits per heavy atom. The molecule has 3 aromatic rings. The highest BCUT2D eigenvalue weighted by Crippen LogP contribution is 2.59. The predicted molar refractivity (Wildman–Crippen MR) is 131 cm³/mol. The second-order valence-corrected chi connectivity index (χ2v) is 9.63. The molecule has 180 valence electrons. The second kappa shape index (κ2) is 8.20. The first-order valence-electron chi connectivity index (χ1n) is 11.5. The van der Waals surface area contributed by atoms with Crippen molar-refractivity contribution in [1.82, 2.24) is 0 Å². The number of nitrogens with zero attached hydrogens (tertiary/aromatic N) is 1. The maximum absolute atomic E-state index is 13.7. The van der Waals surface area contributed by atoms with E-state index in [2.05, 4.69) is 0 Å². The lowest BCUT2D eigenvalue weighted by Crippen LogP contribution is -2.33. The van der Waals surface area contributed by atoms with E-state index in [1.807, 2.05) is 72.8 Å². The summed E-state index contributed by atoms with van der Waals surface area (Å²) in [6.45, 7) is 0. The van der Waals surface area contributed by atoms with Crippen LogP contribution in [-0.4, -0.2) is 11.8 Å². The van der Waals surface area contributed by atoms with Crippen LogP contribution in [0.25, 0.3) is 5.57 Å². The molecule has 1 saturated carbocycles. The fourth-order valence-electron chi connectivity index (χ4n) is 5.90. The van der Waals surface area contributed by atoms with Gasteiger partial charge >= 0.3 is 6.18 Å². The number of anilines is 1. The van der Waals surface area contributed by atoms with Crippen LogP contribution in [0, 0.1) is 23.7 Å². The number of carbonyl (C=O) groups excluding carboxylic acids is 2. The number of hydrogen-bond donors (Lipinski definition) is 0. The summed E-state index contributed by atoms with van der Waals surface area (Å²) in [5.74, 6) is -3.06. The highest BCUT2D eigenvalue weighted by atomic mass is 35.5. The fraction of sp³-hybridized carbons (Fsp3) is 0.172. The van der Waals surface area contributed by atoms with Gasteiger partial charge in [0.15, 0.2) is 0 Å². The average Bonchev–Trinajstić information content (AvgIpc) is 3.50. The van der Waals surface area contributed by atoms with E-state index in [1.54, 1.807) is 0 Å². The zero-order valence-corrected chi connectivity index (χ0v) is 19.5. The third-order valence-corrected chi connectivity index (χ3v) is 7.66. The first-order valence-corrected chi connectivity index (χ1v) is 11.9. The van der Waals surface area contributed by atoms with Gasteiger partial charge in [-0.25, -0.2) is 4.90 Å². The van der Waals surface area contributed by atoms with Crippen molar-refractivity contribution in [3.8, 4) is 0 Å². The Kier molecular flexibility index (Phi) is 5.20. The Balaban J connectivity index is 1.47. The molecule has 0 radical (unpaired) electrons. The third kappa shape index (κ3) is 3.35. The summed E-state index contributed by atoms with van der Waals surface area (Å²) in [5, 5.41) is -0.0741. The minimum absolute atomic E-state index is 0.0741. The van der Waals surface area contributed by atoms with Crippen molar-refractivity contribution < 1.29 is 22.8 Å². The largest absolute Gasteiger partial charge is 0.416 e. The molecule has 3 nitrogen and oxygen atoms in total. The van der Waals surface area contributed by atoms with Crippen LogP contribution < -0.4 is 4.90 Å². The monoisotopic (exact) mass is 505 g/mol. The van der Waals surface area contributed by atoms with Crippen LogP contribution in [0.2, 0.25) is 5.02 Å². The van der Waals surface area contributed by atoms with E-state index in [0.29, 0.717) is 0 Å². The van der Waals surface area contributed by atoms with Crippen LogP contribution in [0.3, 0.4) is 0 Å². The van der Waals surface area contributed by atoms with Crippen LogP contribution in [0.4, 0.5) is 18.9 Å². The summed E-state index contributed by atoms with van der Waals surface area (Å²) >= 11 is 6.20. The molecule has 6 rings (SSSR count). The van der Waals surface area contributed by atoms with E-state index in [0.717, 1.165) is 45.4 Å². The molecule has 36 heavy (non-hydrogen) atoms. The van der Waals surface area contributed by atoms with Crippen LogP contribution in [-0.2, 0) is 15.8 Å². The Morgan fingerprint density at radius 1 is 0.750 bits per heavy atom. The number of halogens is 4. The lowest BCUT2D eigenvalue weighted by atomic mass is 9.85. The maximum atomic E-state index is 13.7. The third-order valence-electron chi connectivity index (χ3n) is 7.34. The van der Waals surface area contributed by atoms with Gasteiger partial charge in [0.25, 0.3) is 0 Å². The molecule has 3 aromatic carbocycles. The minimum Gasteiger partial charge on any atom is -0.274 e. The number of allylic oxidation sites excluding steroid dienone is 3. The SMILES string of the molecule is O=C1[C@@H]2[C@@H](C(=O)N1c1cc(C(F)(F)F)ccc1Cl)[C@H]1C=C[C@@H]2C1=C(c1ccccc1)c1ccccc1. The molecule has 2 bridgehead atoms. The van der Waals surface area contributed by atoms with Crippen LogP contribution in [0.15, 0.2) is 96.6 Å². The van der Waals surface area contributed by atoms with Gasteiger partial charge in [-0.3, -0.25) is 9.59 Å². The van der Waals surface area contributed by atoms with Crippen molar-refractivity contribution in [2.75, 3.05) is 4.90 Å². The summed E-state index contributed by atoms with van der Waals surface area (Å²) in [6, 6.07) is 22.3. The summed E-state index contributed by atoms with van der Waals surface area (Å²) in [4.78, 5) is 28.2. The molecule has 0 spiro atoms. The number of rotatable bonds is 3. The Hall–Kier alpha value is -3.64. The molecule has 1 aliphatic heterocycles. The minimum atomic E-state index is -4.63. The van der Waals surface area contributed by atoms with Crippen LogP contribution >= 0.6 is 11.6 Å². The van der Waals surface area contributed by atoms with Crippen LogP contribution in [0.1, 0.15) is 16.7 Å². The van der Waals surface area contributed by atoms with Crippen molar-refractivity contribution in [2.45, 2.75) is 6.18 Å². The normalized spacial score (nSPS) is 24.6. The molecular weight excluding hydrogens is 487 g/mol. The number of fused-ring (bicyclic) bond motifs is 5. The molecule has 0 N–H and O–H groups in total. The summed E-state index contributed by atoms with van der Waals surface area (Å²) in [6.07, 6.45) is -0.720. The number of carbonyl (C=O) groups is 2. The van der Waals surface area contributed by atoms with Crippen LogP contribution in [0.5, 0.6) is 0 Å². The average molecular weight is 506 g/mol. The number of amides is 2. The van der Waals surface area contributed by atoms with Gasteiger partial charge in [-0.05, 0) is 40.5 Å². The van der Waals surface area contributed by atoms with Crippen molar-refractivity contribution >= 4 is 34.7 Å². The molecular formula is C29H19ClF3NO2. The summed E-state index contributed by atoms with van der Waals surface area (Å²) in [7, 11) is 0. The van der Waals surface area contributed by atoms with E-state index in [-0.39, 0.29) is 22.5 Å². The summed E-state index contributed by atoms with van der Waals surface area (Å²) in [5.41, 5.74) is 2.77. The Bertz CT molecular complexity index is 1370. The first-order chi connectivity index (χ1) is 17.3. The van der Waals surface area contributed by atoms with E-state index in [1.165, 1.54) is 0 Å². The number of benzene rings is 3. The molecule has 2 amide bonds. The van der Waals surface area contributed by atoms with Gasteiger partial charge < -0.3 is 0 Å². The van der Waals surface area contributed by atoms with Gasteiger partial charge in [0, 0.05) is 11.8 Å². The molecule has 0 aromatic heterocycles. The molecule has 3 aliphatic rings. The maximum Gasteiger partial charge on any atom is 0.416 e. The van der Waals surface area contributed by atoms with Gasteiger partial charge in [-0.2, -0.15) is 13.2 Å². The van der Waals surface area contributed by atoms with Gasteiger partial charge in [0.05, 0.1) is 28.1 Å². The topological polar surface area (TPSA) is 37.4 Å². The standard InChI is InChI=1S/C29H19ClF3NO2/c30-21-14-11-18(29(31,32)33)15-22(21)34-27(35)25-19-12-13-20(26(25)28(34)36)24(19)23(16-7-3-1-4-8-16)17-9-5-2-6-10-17/h1-15,19-20,25-26H/t19-,20+,25-,26-/m0/s1. The van der Waals surface area contributed by atoms with E-state index >= 15 is 0 Å². The van der Waals surface area contributed by atoms with Crippen molar-refractivity contribution in [2.24, 2.45) is 23.7 Å². The zero-order chi connectivity index (χ0) is 25.2. The highest BCUT2D eigenvalue weighted by molar-refractivity contribution is 6.36. The van der Waals surface area contributed by atoms with Crippen molar-refractivity contribution in [3.05, 3.63) is 118 Å². The molecule has 7 heteroatoms. The molecule has 2 fully saturated rings. The number of alkyl halides is 3. The molecule has 0 unspecified atom stereocenters. The molecule has 4 atom stereocenters.